The van der Waals surface area contributed by atoms with E-state index in [-0.39, 0.29) is 24.2 Å². The fraction of sp³-hybridized carbons (Fsp3) is 0.364. The first kappa shape index (κ1) is 17.6. The first-order chi connectivity index (χ1) is 13.0. The predicted molar refractivity (Wildman–Crippen MR) is 108 cm³/mol. The highest BCUT2D eigenvalue weighted by atomic mass is 16.2. The van der Waals surface area contributed by atoms with Crippen LogP contribution in [0.2, 0.25) is 0 Å². The summed E-state index contributed by atoms with van der Waals surface area (Å²) in [6, 6.07) is 14.0. The van der Waals surface area contributed by atoms with Gasteiger partial charge in [-0.05, 0) is 50.1 Å². The van der Waals surface area contributed by atoms with Gasteiger partial charge >= 0.3 is 0 Å². The summed E-state index contributed by atoms with van der Waals surface area (Å²) < 4.78 is 0. The average molecular weight is 363 g/mol. The van der Waals surface area contributed by atoms with Crippen molar-refractivity contribution in [3.05, 3.63) is 53.6 Å². The lowest BCUT2D eigenvalue weighted by Gasteiger charge is -2.18. The summed E-state index contributed by atoms with van der Waals surface area (Å²) in [5.41, 5.74) is 5.35. The number of aryl methyl sites for hydroxylation is 1. The van der Waals surface area contributed by atoms with Gasteiger partial charge in [-0.1, -0.05) is 23.8 Å². The monoisotopic (exact) mass is 363 g/mol. The second-order valence-corrected chi connectivity index (χ2v) is 7.40. The first-order valence-corrected chi connectivity index (χ1v) is 9.61. The quantitative estimate of drug-likeness (QED) is 0.906. The van der Waals surface area contributed by atoms with E-state index in [0.717, 1.165) is 36.4 Å². The van der Waals surface area contributed by atoms with Gasteiger partial charge in [0.1, 0.15) is 0 Å². The summed E-state index contributed by atoms with van der Waals surface area (Å²) in [6.07, 6.45) is 1.31. The van der Waals surface area contributed by atoms with Crippen molar-refractivity contribution < 1.29 is 9.59 Å². The minimum Gasteiger partial charge on any atom is -0.371 e. The van der Waals surface area contributed by atoms with Crippen molar-refractivity contribution in [1.82, 2.24) is 0 Å². The number of carbonyl (C=O) groups is 2. The fourth-order valence-corrected chi connectivity index (χ4v) is 3.95. The molecule has 0 radical (unpaired) electrons. The van der Waals surface area contributed by atoms with Gasteiger partial charge in [0.25, 0.3) is 0 Å². The lowest BCUT2D eigenvalue weighted by molar-refractivity contribution is -0.122. The zero-order chi connectivity index (χ0) is 19.0. The normalized spacial score (nSPS) is 18.7. The summed E-state index contributed by atoms with van der Waals surface area (Å²) >= 11 is 0. The van der Waals surface area contributed by atoms with Gasteiger partial charge in [-0.3, -0.25) is 9.59 Å². The summed E-state index contributed by atoms with van der Waals surface area (Å²) in [5, 5.41) is 3.02. The molecule has 2 aliphatic heterocycles. The van der Waals surface area contributed by atoms with Crippen LogP contribution in [0.25, 0.3) is 0 Å². The maximum Gasteiger partial charge on any atom is 0.229 e. The molecule has 5 heteroatoms. The largest absolute Gasteiger partial charge is 0.371 e. The molecule has 5 nitrogen and oxygen atoms in total. The van der Waals surface area contributed by atoms with Gasteiger partial charge < -0.3 is 15.1 Å². The van der Waals surface area contributed by atoms with Crippen molar-refractivity contribution in [1.29, 1.82) is 0 Å². The van der Waals surface area contributed by atoms with Crippen LogP contribution in [0, 0.1) is 12.8 Å². The van der Waals surface area contributed by atoms with Crippen LogP contribution in [-0.2, 0) is 16.0 Å². The molecule has 2 aromatic carbocycles. The Morgan fingerprint density at radius 2 is 1.96 bits per heavy atom. The molecule has 1 saturated heterocycles. The van der Waals surface area contributed by atoms with Crippen molar-refractivity contribution in [2.45, 2.75) is 26.7 Å². The van der Waals surface area contributed by atoms with Crippen molar-refractivity contribution in [3.8, 4) is 0 Å². The average Bonchev–Trinajstić information content (AvgIpc) is 3.25. The predicted octanol–water partition coefficient (Wildman–Crippen LogP) is 3.37. The Hall–Kier alpha value is -2.82. The summed E-state index contributed by atoms with van der Waals surface area (Å²) in [4.78, 5) is 29.2. The van der Waals surface area contributed by atoms with Crippen LogP contribution < -0.4 is 15.1 Å². The Labute approximate surface area is 160 Å². The smallest absolute Gasteiger partial charge is 0.229 e. The molecule has 140 valence electrons. The van der Waals surface area contributed by atoms with E-state index < -0.39 is 0 Å². The fourth-order valence-electron chi connectivity index (χ4n) is 3.95. The highest BCUT2D eigenvalue weighted by Crippen LogP contribution is 2.31. The van der Waals surface area contributed by atoms with E-state index in [1.54, 1.807) is 4.90 Å². The number of rotatable bonds is 4. The maximum absolute atomic E-state index is 12.7. The molecule has 0 saturated carbocycles. The number of carbonyl (C=O) groups excluding carboxylic acids is 2. The topological polar surface area (TPSA) is 52.7 Å². The Bertz CT molecular complexity index is 876. The Morgan fingerprint density at radius 3 is 2.70 bits per heavy atom. The van der Waals surface area contributed by atoms with Crippen LogP contribution in [0.3, 0.4) is 0 Å². The molecule has 1 N–H and O–H groups in total. The number of hydrogen-bond acceptors (Lipinski definition) is 3. The van der Waals surface area contributed by atoms with Crippen molar-refractivity contribution >= 4 is 28.9 Å². The van der Waals surface area contributed by atoms with Crippen LogP contribution in [0.4, 0.5) is 17.1 Å². The highest BCUT2D eigenvalue weighted by Gasteiger charge is 2.35. The molecule has 4 rings (SSSR count). The number of benzene rings is 2. The van der Waals surface area contributed by atoms with E-state index in [4.69, 9.17) is 0 Å². The standard InChI is InChI=1S/C22H25N3O2/c1-3-24-11-10-16-6-7-18(13-20(16)24)23-22(27)17-12-21(26)25(14-17)19-8-4-15(2)5-9-19/h4-9,13,17H,3,10-12,14H2,1-2H3,(H,23,27). The van der Waals surface area contributed by atoms with Crippen molar-refractivity contribution in [2.24, 2.45) is 5.92 Å². The van der Waals surface area contributed by atoms with Gasteiger partial charge in [-0.25, -0.2) is 0 Å². The van der Waals surface area contributed by atoms with E-state index in [9.17, 15) is 9.59 Å². The SMILES string of the molecule is CCN1CCc2ccc(NC(=O)C3CC(=O)N(c4ccc(C)cc4)C3)cc21. The molecule has 0 bridgehead atoms. The highest BCUT2D eigenvalue weighted by molar-refractivity contribution is 6.03. The van der Waals surface area contributed by atoms with E-state index in [1.165, 1.54) is 11.3 Å². The van der Waals surface area contributed by atoms with Gasteiger partial charge in [-0.15, -0.1) is 0 Å². The van der Waals surface area contributed by atoms with E-state index >= 15 is 0 Å². The number of amides is 2. The van der Waals surface area contributed by atoms with Gasteiger partial charge in [0.05, 0.1) is 5.92 Å². The van der Waals surface area contributed by atoms with Crippen molar-refractivity contribution in [2.75, 3.05) is 34.8 Å². The van der Waals surface area contributed by atoms with E-state index in [1.807, 2.05) is 37.3 Å². The number of likely N-dealkylation sites (N-methyl/N-ethyl adjacent to an activating group) is 1. The minimum atomic E-state index is -0.325. The zero-order valence-electron chi connectivity index (χ0n) is 15.9. The molecule has 1 atom stereocenters. The number of fused-ring (bicyclic) bond motifs is 1. The maximum atomic E-state index is 12.7. The molecule has 2 amide bonds. The second kappa shape index (κ2) is 7.06. The molecule has 2 aliphatic rings. The van der Waals surface area contributed by atoms with Gasteiger partial charge in [-0.2, -0.15) is 0 Å². The van der Waals surface area contributed by atoms with E-state index in [2.05, 4.69) is 29.3 Å². The molecule has 0 aliphatic carbocycles. The van der Waals surface area contributed by atoms with Gasteiger partial charge in [0.15, 0.2) is 0 Å². The van der Waals surface area contributed by atoms with Crippen LogP contribution in [-0.4, -0.2) is 31.4 Å². The molecule has 2 heterocycles. The first-order valence-electron chi connectivity index (χ1n) is 9.61. The lowest BCUT2D eigenvalue weighted by atomic mass is 10.1. The van der Waals surface area contributed by atoms with Gasteiger partial charge in [0, 0.05) is 43.1 Å². The third-order valence-electron chi connectivity index (χ3n) is 5.57. The Morgan fingerprint density at radius 1 is 1.19 bits per heavy atom. The third kappa shape index (κ3) is 3.42. The van der Waals surface area contributed by atoms with E-state index in [0.29, 0.717) is 6.54 Å². The molecular formula is C22H25N3O2. The molecule has 0 spiro atoms. The molecule has 1 unspecified atom stereocenters. The number of nitrogens with zero attached hydrogens (tertiary/aromatic N) is 2. The summed E-state index contributed by atoms with van der Waals surface area (Å²) in [6.45, 7) is 6.59. The Kier molecular flexibility index (Phi) is 4.60. The van der Waals surface area contributed by atoms with Crippen LogP contribution in [0.1, 0.15) is 24.5 Å². The molecule has 2 aromatic rings. The second-order valence-electron chi connectivity index (χ2n) is 7.40. The van der Waals surface area contributed by atoms with Crippen LogP contribution >= 0.6 is 0 Å². The molecular weight excluding hydrogens is 338 g/mol. The summed E-state index contributed by atoms with van der Waals surface area (Å²) in [7, 11) is 0. The minimum absolute atomic E-state index is 0.00474. The number of anilines is 3. The molecule has 0 aromatic heterocycles. The van der Waals surface area contributed by atoms with Crippen molar-refractivity contribution in [3.63, 3.8) is 0 Å². The summed E-state index contributed by atoms with van der Waals surface area (Å²) in [5.74, 6) is -0.404. The molecule has 1 fully saturated rings. The number of hydrogen-bond donors (Lipinski definition) is 1. The van der Waals surface area contributed by atoms with Crippen LogP contribution in [0.5, 0.6) is 0 Å². The van der Waals surface area contributed by atoms with Crippen LogP contribution in [0.15, 0.2) is 42.5 Å². The Balaban J connectivity index is 1.45. The number of nitrogens with one attached hydrogen (secondary N) is 1. The third-order valence-corrected chi connectivity index (χ3v) is 5.57. The lowest BCUT2D eigenvalue weighted by Crippen LogP contribution is -2.28. The van der Waals surface area contributed by atoms with Gasteiger partial charge in [0.2, 0.25) is 11.8 Å². The molecule has 27 heavy (non-hydrogen) atoms. The zero-order valence-corrected chi connectivity index (χ0v) is 15.9.